The monoisotopic (exact) mass is 429 g/mol. The van der Waals surface area contributed by atoms with Crippen LogP contribution in [0.2, 0.25) is 5.02 Å². The summed E-state index contributed by atoms with van der Waals surface area (Å²) in [5, 5.41) is 14.7. The van der Waals surface area contributed by atoms with E-state index in [2.05, 4.69) is 5.32 Å². The number of carbonyl (C=O) groups is 3. The Kier molecular flexibility index (Phi) is 5.89. The van der Waals surface area contributed by atoms with E-state index in [0.29, 0.717) is 17.9 Å². The van der Waals surface area contributed by atoms with Crippen LogP contribution in [0, 0.1) is 10.1 Å². The Bertz CT molecular complexity index is 1030. The van der Waals surface area contributed by atoms with Crippen LogP contribution in [0.5, 0.6) is 0 Å². The standard InChI is InChI=1S/C21H20ClN3O5/c1-3-21(4-2,13-8-10-14(22)11-9-13)23-17(26)12-24-19(27)15-6-5-7-16(25(29)30)18(15)20(24)28/h5-11H,3-4,12H2,1-2H3,(H,23,26). The second-order valence-electron chi connectivity index (χ2n) is 7.00. The Morgan fingerprint density at radius 2 is 1.73 bits per heavy atom. The molecule has 30 heavy (non-hydrogen) atoms. The lowest BCUT2D eigenvalue weighted by atomic mass is 9.84. The van der Waals surface area contributed by atoms with Gasteiger partial charge in [0.15, 0.2) is 0 Å². The summed E-state index contributed by atoms with van der Waals surface area (Å²) < 4.78 is 0. The van der Waals surface area contributed by atoms with Gasteiger partial charge in [-0.3, -0.25) is 29.4 Å². The molecule has 0 aliphatic carbocycles. The molecule has 0 spiro atoms. The van der Waals surface area contributed by atoms with Crippen molar-refractivity contribution in [3.8, 4) is 0 Å². The summed E-state index contributed by atoms with van der Waals surface area (Å²) in [6, 6.07) is 10.9. The number of carbonyl (C=O) groups excluding carboxylic acids is 3. The highest BCUT2D eigenvalue weighted by Gasteiger charge is 2.42. The number of fused-ring (bicyclic) bond motifs is 1. The zero-order valence-electron chi connectivity index (χ0n) is 16.5. The maximum absolute atomic E-state index is 12.8. The number of benzene rings is 2. The third kappa shape index (κ3) is 3.66. The second kappa shape index (κ2) is 8.23. The Balaban J connectivity index is 1.84. The maximum Gasteiger partial charge on any atom is 0.282 e. The smallest absolute Gasteiger partial charge is 0.282 e. The second-order valence-corrected chi connectivity index (χ2v) is 7.43. The highest BCUT2D eigenvalue weighted by atomic mass is 35.5. The summed E-state index contributed by atoms with van der Waals surface area (Å²) in [6.07, 6.45) is 1.15. The van der Waals surface area contributed by atoms with Crippen LogP contribution < -0.4 is 5.32 Å². The van der Waals surface area contributed by atoms with Crippen LogP contribution in [0.3, 0.4) is 0 Å². The molecule has 0 radical (unpaired) electrons. The van der Waals surface area contributed by atoms with E-state index in [1.54, 1.807) is 12.1 Å². The number of imide groups is 1. The fourth-order valence-corrected chi connectivity index (χ4v) is 3.86. The average Bonchev–Trinajstić information content (AvgIpc) is 2.97. The van der Waals surface area contributed by atoms with E-state index in [1.165, 1.54) is 12.1 Å². The molecule has 0 atom stereocenters. The Labute approximate surface area is 178 Å². The third-order valence-electron chi connectivity index (χ3n) is 5.46. The molecule has 1 aliphatic heterocycles. The van der Waals surface area contributed by atoms with Crippen LogP contribution in [-0.2, 0) is 10.3 Å². The fourth-order valence-electron chi connectivity index (χ4n) is 3.74. The molecule has 0 unspecified atom stereocenters. The number of rotatable bonds is 7. The van der Waals surface area contributed by atoms with Gasteiger partial charge in [-0.1, -0.05) is 43.6 Å². The van der Waals surface area contributed by atoms with Crippen molar-refractivity contribution in [3.63, 3.8) is 0 Å². The summed E-state index contributed by atoms with van der Waals surface area (Å²) in [7, 11) is 0. The molecule has 2 aromatic rings. The Morgan fingerprint density at radius 1 is 1.10 bits per heavy atom. The molecule has 3 amide bonds. The fraction of sp³-hybridized carbons (Fsp3) is 0.286. The van der Waals surface area contributed by atoms with Crippen molar-refractivity contribution in [1.29, 1.82) is 0 Å². The molecule has 156 valence electrons. The van der Waals surface area contributed by atoms with Gasteiger partial charge in [0.2, 0.25) is 5.91 Å². The van der Waals surface area contributed by atoms with Gasteiger partial charge in [-0.15, -0.1) is 0 Å². The van der Waals surface area contributed by atoms with Crippen molar-refractivity contribution in [2.75, 3.05) is 6.54 Å². The van der Waals surface area contributed by atoms with Crippen LogP contribution >= 0.6 is 11.6 Å². The zero-order chi connectivity index (χ0) is 22.1. The minimum Gasteiger partial charge on any atom is -0.345 e. The number of halogens is 1. The molecule has 0 bridgehead atoms. The average molecular weight is 430 g/mol. The molecule has 0 saturated carbocycles. The van der Waals surface area contributed by atoms with Gasteiger partial charge in [0.05, 0.1) is 16.0 Å². The Hall–Kier alpha value is -3.26. The first-order valence-corrected chi connectivity index (χ1v) is 9.82. The predicted octanol–water partition coefficient (Wildman–Crippen LogP) is 3.68. The molecule has 1 heterocycles. The van der Waals surface area contributed by atoms with Crippen molar-refractivity contribution < 1.29 is 19.3 Å². The molecule has 0 fully saturated rings. The molecule has 3 rings (SSSR count). The molecule has 8 nitrogen and oxygen atoms in total. The van der Waals surface area contributed by atoms with Crippen LogP contribution in [0.25, 0.3) is 0 Å². The van der Waals surface area contributed by atoms with E-state index >= 15 is 0 Å². The minimum atomic E-state index is -0.845. The van der Waals surface area contributed by atoms with Crippen molar-refractivity contribution in [2.24, 2.45) is 0 Å². The summed E-state index contributed by atoms with van der Waals surface area (Å²) in [5.41, 5.74) is -0.659. The van der Waals surface area contributed by atoms with E-state index in [1.807, 2.05) is 26.0 Å². The van der Waals surface area contributed by atoms with Crippen LogP contribution in [0.15, 0.2) is 42.5 Å². The van der Waals surface area contributed by atoms with Gasteiger partial charge in [-0.2, -0.15) is 0 Å². The third-order valence-corrected chi connectivity index (χ3v) is 5.71. The first kappa shape index (κ1) is 21.4. The molecule has 0 saturated heterocycles. The zero-order valence-corrected chi connectivity index (χ0v) is 17.2. The number of hydrogen-bond acceptors (Lipinski definition) is 5. The summed E-state index contributed by atoms with van der Waals surface area (Å²) in [5.74, 6) is -2.10. The SMILES string of the molecule is CCC(CC)(NC(=O)CN1C(=O)c2cccc([N+](=O)[O-])c2C1=O)c1ccc(Cl)cc1. The number of amides is 3. The van der Waals surface area contributed by atoms with Crippen LogP contribution in [-0.4, -0.2) is 34.1 Å². The maximum atomic E-state index is 12.8. The molecule has 1 aliphatic rings. The molecule has 0 aromatic heterocycles. The number of nitro groups is 1. The molecule has 9 heteroatoms. The first-order valence-electron chi connectivity index (χ1n) is 9.44. The van der Waals surface area contributed by atoms with Gasteiger partial charge in [0.1, 0.15) is 12.1 Å². The van der Waals surface area contributed by atoms with Crippen molar-refractivity contribution in [3.05, 3.63) is 74.3 Å². The summed E-state index contributed by atoms with van der Waals surface area (Å²) in [6.45, 7) is 3.31. The van der Waals surface area contributed by atoms with Crippen molar-refractivity contribution in [2.45, 2.75) is 32.2 Å². The van der Waals surface area contributed by atoms with Crippen LogP contribution in [0.4, 0.5) is 5.69 Å². The predicted molar refractivity (Wildman–Crippen MR) is 110 cm³/mol. The van der Waals surface area contributed by atoms with E-state index in [-0.39, 0.29) is 11.1 Å². The largest absolute Gasteiger partial charge is 0.345 e. The highest BCUT2D eigenvalue weighted by molar-refractivity contribution is 6.30. The van der Waals surface area contributed by atoms with Gasteiger partial charge >= 0.3 is 0 Å². The summed E-state index contributed by atoms with van der Waals surface area (Å²) in [4.78, 5) is 49.4. The molecular weight excluding hydrogens is 410 g/mol. The quantitative estimate of drug-likeness (QED) is 0.410. The van der Waals surface area contributed by atoms with Gasteiger partial charge in [0, 0.05) is 11.1 Å². The highest BCUT2D eigenvalue weighted by Crippen LogP contribution is 2.32. The van der Waals surface area contributed by atoms with E-state index in [4.69, 9.17) is 11.6 Å². The summed E-state index contributed by atoms with van der Waals surface area (Å²) >= 11 is 5.96. The first-order chi connectivity index (χ1) is 14.2. The molecular formula is C21H20ClN3O5. The lowest BCUT2D eigenvalue weighted by Crippen LogP contribution is -2.49. The van der Waals surface area contributed by atoms with Crippen molar-refractivity contribution >= 4 is 35.0 Å². The van der Waals surface area contributed by atoms with Gasteiger partial charge in [-0.25, -0.2) is 0 Å². The number of nitro benzene ring substituents is 1. The van der Waals surface area contributed by atoms with E-state index in [0.717, 1.165) is 16.5 Å². The number of nitrogens with one attached hydrogen (secondary N) is 1. The molecule has 2 aromatic carbocycles. The van der Waals surface area contributed by atoms with E-state index in [9.17, 15) is 24.5 Å². The van der Waals surface area contributed by atoms with Gasteiger partial charge in [-0.05, 0) is 36.6 Å². The normalized spacial score (nSPS) is 13.4. The lowest BCUT2D eigenvalue weighted by molar-refractivity contribution is -0.385. The molecule has 1 N–H and O–H groups in total. The van der Waals surface area contributed by atoms with Crippen LogP contribution in [0.1, 0.15) is 53.0 Å². The number of nitrogens with zero attached hydrogens (tertiary/aromatic N) is 2. The van der Waals surface area contributed by atoms with E-state index < -0.39 is 40.4 Å². The minimum absolute atomic E-state index is 0.0723. The van der Waals surface area contributed by atoms with Crippen molar-refractivity contribution in [1.82, 2.24) is 10.2 Å². The lowest BCUT2D eigenvalue weighted by Gasteiger charge is -2.34. The number of hydrogen-bond donors (Lipinski definition) is 1. The van der Waals surface area contributed by atoms with Gasteiger partial charge < -0.3 is 5.32 Å². The topological polar surface area (TPSA) is 110 Å². The Morgan fingerprint density at radius 3 is 2.30 bits per heavy atom. The van der Waals surface area contributed by atoms with Gasteiger partial charge in [0.25, 0.3) is 17.5 Å².